The lowest BCUT2D eigenvalue weighted by Gasteiger charge is -2.32. The van der Waals surface area contributed by atoms with Crippen molar-refractivity contribution in [2.24, 2.45) is 0 Å². The maximum Gasteiger partial charge on any atom is 0.297 e. The normalized spacial score (nSPS) is 17.2. The minimum absolute atomic E-state index is 0.0432. The van der Waals surface area contributed by atoms with Gasteiger partial charge in [0.05, 0.1) is 40.5 Å². The molecule has 4 aromatic carbocycles. The molecule has 1 unspecified atom stereocenters. The van der Waals surface area contributed by atoms with Crippen molar-refractivity contribution in [2.75, 3.05) is 16.9 Å². The zero-order valence-electron chi connectivity index (χ0n) is 23.5. The number of nitrogens with zero attached hydrogens (tertiary/aromatic N) is 3. The van der Waals surface area contributed by atoms with Crippen molar-refractivity contribution >= 4 is 66.8 Å². The highest BCUT2D eigenvalue weighted by molar-refractivity contribution is 7.22. The van der Waals surface area contributed by atoms with Gasteiger partial charge in [0.1, 0.15) is 11.3 Å². The number of halogens is 1. The molecule has 0 aliphatic carbocycles. The van der Waals surface area contributed by atoms with Crippen LogP contribution in [0.3, 0.4) is 0 Å². The average Bonchev–Trinajstić information content (AvgIpc) is 3.63. The molecular weight excluding hydrogens is 598 g/mol. The number of fused-ring (bicyclic) bond motifs is 6. The fraction of sp³-hybridized carbons (Fsp3) is 0.118. The van der Waals surface area contributed by atoms with Crippen LogP contribution in [-0.4, -0.2) is 23.9 Å². The number of methoxy groups -OCH3 is 1. The lowest BCUT2D eigenvalue weighted by Crippen LogP contribution is -2.53. The molecule has 0 fully saturated rings. The molecule has 8 nitrogen and oxygen atoms in total. The number of ether oxygens (including phenoxy) is 1. The third kappa shape index (κ3) is 3.57. The number of anilines is 2. The van der Waals surface area contributed by atoms with E-state index in [4.69, 9.17) is 25.7 Å². The van der Waals surface area contributed by atoms with Gasteiger partial charge in [-0.2, -0.15) is 0 Å². The Morgan fingerprint density at radius 3 is 2.64 bits per heavy atom. The number of aryl methyl sites for hydroxylation is 1. The molecule has 8 rings (SSSR count). The molecule has 10 heteroatoms. The molecule has 0 bridgehead atoms. The van der Waals surface area contributed by atoms with E-state index in [-0.39, 0.29) is 34.0 Å². The fourth-order valence-corrected chi connectivity index (χ4v) is 7.62. The van der Waals surface area contributed by atoms with Crippen molar-refractivity contribution in [1.29, 1.82) is 0 Å². The number of amides is 2. The van der Waals surface area contributed by atoms with Crippen LogP contribution in [0.1, 0.15) is 32.8 Å². The van der Waals surface area contributed by atoms with Crippen LogP contribution < -0.4 is 20.0 Å². The van der Waals surface area contributed by atoms with E-state index >= 15 is 4.79 Å². The summed E-state index contributed by atoms with van der Waals surface area (Å²) in [4.78, 5) is 51.9. The molecule has 4 heterocycles. The SMILES string of the molecule is COc1ccc2nc(N3C(=O)c4oc5ccc(Cl)cc5c(=O)c4C34C(=O)N(Cc3cccc(C)c3)c3ccccc34)sc2c1. The molecule has 0 N–H and O–H groups in total. The van der Waals surface area contributed by atoms with E-state index in [9.17, 15) is 9.59 Å². The van der Waals surface area contributed by atoms with E-state index in [1.54, 1.807) is 48.4 Å². The van der Waals surface area contributed by atoms with E-state index in [1.165, 1.54) is 22.3 Å². The summed E-state index contributed by atoms with van der Waals surface area (Å²) < 4.78 is 12.3. The van der Waals surface area contributed by atoms with Gasteiger partial charge < -0.3 is 14.1 Å². The Bertz CT molecular complexity index is 2280. The predicted molar refractivity (Wildman–Crippen MR) is 170 cm³/mol. The Kier molecular flexibility index (Phi) is 5.75. The second kappa shape index (κ2) is 9.51. The fourth-order valence-electron chi connectivity index (χ4n) is 6.40. The van der Waals surface area contributed by atoms with E-state index in [1.807, 2.05) is 49.4 Å². The van der Waals surface area contributed by atoms with Gasteiger partial charge in [0.15, 0.2) is 16.1 Å². The van der Waals surface area contributed by atoms with Crippen molar-refractivity contribution < 1.29 is 18.7 Å². The molecule has 1 spiro atoms. The highest BCUT2D eigenvalue weighted by Gasteiger charge is 2.66. The molecule has 2 aliphatic heterocycles. The van der Waals surface area contributed by atoms with E-state index < -0.39 is 22.8 Å². The summed E-state index contributed by atoms with van der Waals surface area (Å²) in [5.74, 6) is -0.634. The topological polar surface area (TPSA) is 93.0 Å². The van der Waals surface area contributed by atoms with Crippen molar-refractivity contribution in [3.8, 4) is 5.75 Å². The highest BCUT2D eigenvalue weighted by Crippen LogP contribution is 2.55. The van der Waals surface area contributed by atoms with Gasteiger partial charge in [-0.1, -0.05) is 71.0 Å². The first kappa shape index (κ1) is 26.6. The number of benzene rings is 4. The Labute approximate surface area is 259 Å². The molecule has 2 aromatic heterocycles. The average molecular weight is 620 g/mol. The third-order valence-electron chi connectivity index (χ3n) is 8.28. The van der Waals surface area contributed by atoms with Crippen LogP contribution in [-0.2, 0) is 16.9 Å². The van der Waals surface area contributed by atoms with E-state index in [0.29, 0.717) is 27.5 Å². The zero-order valence-corrected chi connectivity index (χ0v) is 25.0. The van der Waals surface area contributed by atoms with Crippen LogP contribution in [0.4, 0.5) is 10.8 Å². The minimum Gasteiger partial charge on any atom is -0.497 e. The number of carbonyl (C=O) groups is 2. The number of carbonyl (C=O) groups excluding carboxylic acids is 2. The van der Waals surface area contributed by atoms with Gasteiger partial charge in [0.25, 0.3) is 11.8 Å². The number of aromatic nitrogens is 1. The zero-order chi connectivity index (χ0) is 30.3. The first-order valence-electron chi connectivity index (χ1n) is 13.8. The summed E-state index contributed by atoms with van der Waals surface area (Å²) in [6.45, 7) is 2.22. The van der Waals surface area contributed by atoms with E-state index in [0.717, 1.165) is 15.8 Å². The van der Waals surface area contributed by atoms with Crippen molar-refractivity contribution in [2.45, 2.75) is 19.0 Å². The molecule has 0 radical (unpaired) electrons. The first-order valence-corrected chi connectivity index (χ1v) is 15.0. The molecule has 1 atom stereocenters. The number of rotatable bonds is 4. The van der Waals surface area contributed by atoms with Gasteiger partial charge in [-0.3, -0.25) is 19.3 Å². The van der Waals surface area contributed by atoms with Crippen LogP contribution in [0.5, 0.6) is 5.75 Å². The molecule has 0 saturated heterocycles. The van der Waals surface area contributed by atoms with Gasteiger partial charge in [0.2, 0.25) is 5.76 Å². The lowest BCUT2D eigenvalue weighted by atomic mass is 9.84. The molecule has 44 heavy (non-hydrogen) atoms. The maximum absolute atomic E-state index is 15.1. The first-order chi connectivity index (χ1) is 21.3. The standard InChI is InChI=1S/C34H22ClN3O5S/c1-18-6-5-7-19(14-18)17-37-25-9-4-3-8-23(25)34(32(37)41)28-29(39)22-15-20(35)10-13-26(22)43-30(28)31(40)38(34)33-36-24-12-11-21(42-2)16-27(24)44-33/h3-16H,17H2,1-2H3. The van der Waals surface area contributed by atoms with Gasteiger partial charge in [-0.25, -0.2) is 4.98 Å². The quantitative estimate of drug-likeness (QED) is 0.215. The molecule has 0 saturated carbocycles. The highest BCUT2D eigenvalue weighted by atomic mass is 35.5. The smallest absolute Gasteiger partial charge is 0.297 e. The largest absolute Gasteiger partial charge is 0.497 e. The number of hydrogen-bond acceptors (Lipinski definition) is 7. The van der Waals surface area contributed by atoms with Crippen molar-refractivity contribution in [3.05, 3.63) is 128 Å². The minimum atomic E-state index is -1.86. The number of hydrogen-bond donors (Lipinski definition) is 0. The molecule has 2 aliphatic rings. The Balaban J connectivity index is 1.44. The molecule has 216 valence electrons. The third-order valence-corrected chi connectivity index (χ3v) is 9.52. The van der Waals surface area contributed by atoms with Gasteiger partial charge in [-0.15, -0.1) is 0 Å². The second-order valence-electron chi connectivity index (χ2n) is 10.9. The predicted octanol–water partition coefficient (Wildman–Crippen LogP) is 6.82. The lowest BCUT2D eigenvalue weighted by molar-refractivity contribution is -0.121. The van der Waals surface area contributed by atoms with Gasteiger partial charge in [0, 0.05) is 10.6 Å². The van der Waals surface area contributed by atoms with Crippen LogP contribution in [0, 0.1) is 6.92 Å². The van der Waals surface area contributed by atoms with Gasteiger partial charge >= 0.3 is 0 Å². The number of thiazole rings is 1. The number of para-hydroxylation sites is 1. The molecular formula is C34H22ClN3O5S. The molecule has 6 aromatic rings. The van der Waals surface area contributed by atoms with E-state index in [2.05, 4.69) is 0 Å². The maximum atomic E-state index is 15.1. The van der Waals surface area contributed by atoms with Crippen LogP contribution in [0.15, 0.2) is 94.1 Å². The van der Waals surface area contributed by atoms with Crippen LogP contribution in [0.2, 0.25) is 5.02 Å². The summed E-state index contributed by atoms with van der Waals surface area (Å²) >= 11 is 7.53. The monoisotopic (exact) mass is 619 g/mol. The van der Waals surface area contributed by atoms with Crippen LogP contribution >= 0.6 is 22.9 Å². The van der Waals surface area contributed by atoms with Gasteiger partial charge in [-0.05, 0) is 55.0 Å². The Morgan fingerprint density at radius 2 is 1.82 bits per heavy atom. The summed E-state index contributed by atoms with van der Waals surface area (Å²) in [5.41, 5.74) is 1.47. The Hall–Kier alpha value is -4.99. The molecule has 2 amide bonds. The van der Waals surface area contributed by atoms with Crippen LogP contribution in [0.25, 0.3) is 21.2 Å². The summed E-state index contributed by atoms with van der Waals surface area (Å²) in [6.07, 6.45) is 0. The summed E-state index contributed by atoms with van der Waals surface area (Å²) in [6, 6.07) is 25.2. The summed E-state index contributed by atoms with van der Waals surface area (Å²) in [7, 11) is 1.57. The second-order valence-corrected chi connectivity index (χ2v) is 12.3. The summed E-state index contributed by atoms with van der Waals surface area (Å²) in [5, 5.41) is 0.771. The van der Waals surface area contributed by atoms with Crippen molar-refractivity contribution in [3.63, 3.8) is 0 Å². The Morgan fingerprint density at radius 1 is 0.977 bits per heavy atom. The van der Waals surface area contributed by atoms with Crippen molar-refractivity contribution in [1.82, 2.24) is 4.98 Å².